The number of hydrogen-bond acceptors (Lipinski definition) is 3. The fraction of sp³-hybridized carbons (Fsp3) is 0.714. The van der Waals surface area contributed by atoms with Crippen LogP contribution >= 0.6 is 0 Å². The van der Waals surface area contributed by atoms with Crippen molar-refractivity contribution in [3.8, 4) is 0 Å². The number of ketones is 1. The summed E-state index contributed by atoms with van der Waals surface area (Å²) in [4.78, 5) is 24.0. The Balaban J connectivity index is 4.61. The zero-order chi connectivity index (χ0) is 10.6. The van der Waals surface area contributed by atoms with Crippen LogP contribution in [0.5, 0.6) is 0 Å². The Morgan fingerprint density at radius 3 is 1.92 bits per heavy atom. The molecule has 0 saturated carbocycles. The monoisotopic (exact) mass is 198 g/mol. The molecule has 0 radical (unpaired) electrons. The lowest BCUT2D eigenvalue weighted by molar-refractivity contribution is -0.192. The van der Waals surface area contributed by atoms with Crippen LogP contribution in [0.4, 0.5) is 13.3 Å². The van der Waals surface area contributed by atoms with Gasteiger partial charge in [-0.25, -0.2) is 13.6 Å². The minimum atomic E-state index is -3.29. The van der Waals surface area contributed by atoms with E-state index in [9.17, 15) is 22.9 Å². The summed E-state index contributed by atoms with van der Waals surface area (Å²) in [5.41, 5.74) is 0. The number of alkyl halides is 2. The Hall–Kier alpha value is -1.07. The maximum Gasteiger partial charge on any atom is 0.359 e. The first-order valence-corrected chi connectivity index (χ1v) is 3.56. The molecule has 0 aromatic rings. The number of rotatable bonds is 4. The number of carbonyl (C=O) groups excluding carboxylic acids is 2. The number of carbonyl (C=O) groups is 2. The second kappa shape index (κ2) is 4.84. The Morgan fingerprint density at radius 2 is 1.69 bits per heavy atom. The van der Waals surface area contributed by atoms with E-state index >= 15 is 0 Å². The van der Waals surface area contributed by atoms with Crippen LogP contribution in [0.15, 0.2) is 0 Å². The van der Waals surface area contributed by atoms with Crippen molar-refractivity contribution in [1.82, 2.24) is 0 Å². The molecular weight excluding hydrogens is 189 g/mol. The first-order valence-electron chi connectivity index (χ1n) is 3.56. The van der Waals surface area contributed by atoms with Crippen LogP contribution in [-0.2, 0) is 14.5 Å². The molecule has 0 aromatic carbocycles. The van der Waals surface area contributed by atoms with Crippen LogP contribution in [0, 0.1) is 11.8 Å². The third-order valence-electron chi connectivity index (χ3n) is 1.52. The van der Waals surface area contributed by atoms with Crippen molar-refractivity contribution in [2.75, 3.05) is 0 Å². The molecule has 6 heteroatoms. The van der Waals surface area contributed by atoms with Gasteiger partial charge >= 0.3 is 5.97 Å². The van der Waals surface area contributed by atoms with E-state index in [0.29, 0.717) is 0 Å². The van der Waals surface area contributed by atoms with Crippen LogP contribution in [-0.4, -0.2) is 18.2 Å². The van der Waals surface area contributed by atoms with Gasteiger partial charge in [0.2, 0.25) is 5.78 Å². The summed E-state index contributed by atoms with van der Waals surface area (Å²) in [7, 11) is 0. The summed E-state index contributed by atoms with van der Waals surface area (Å²) in [5, 5.41) is 0. The fourth-order valence-electron chi connectivity index (χ4n) is 0.901. The Kier molecular flexibility index (Phi) is 4.44. The third kappa shape index (κ3) is 3.04. The van der Waals surface area contributed by atoms with Crippen molar-refractivity contribution in [2.24, 2.45) is 11.8 Å². The SMILES string of the molecule is CC(C)C(C(=O)OF)C(=O)C(F)F. The first kappa shape index (κ1) is 11.9. The third-order valence-corrected chi connectivity index (χ3v) is 1.52. The number of halogens is 3. The van der Waals surface area contributed by atoms with Crippen molar-refractivity contribution in [1.29, 1.82) is 0 Å². The predicted octanol–water partition coefficient (Wildman–Crippen LogP) is 1.52. The molecule has 0 aliphatic carbocycles. The molecule has 0 saturated heterocycles. The van der Waals surface area contributed by atoms with E-state index in [1.54, 1.807) is 0 Å². The zero-order valence-electron chi connectivity index (χ0n) is 7.09. The maximum absolute atomic E-state index is 11.9. The molecule has 0 N–H and O–H groups in total. The largest absolute Gasteiger partial charge is 0.359 e. The maximum atomic E-state index is 11.9. The normalized spacial score (nSPS) is 13.2. The van der Waals surface area contributed by atoms with Gasteiger partial charge in [-0.1, -0.05) is 13.8 Å². The lowest BCUT2D eigenvalue weighted by atomic mass is 9.92. The van der Waals surface area contributed by atoms with E-state index in [1.165, 1.54) is 13.8 Å². The van der Waals surface area contributed by atoms with Crippen LogP contribution in [0.3, 0.4) is 0 Å². The lowest BCUT2D eigenvalue weighted by Gasteiger charge is -2.13. The minimum Gasteiger partial charge on any atom is -0.292 e. The van der Waals surface area contributed by atoms with Gasteiger partial charge in [-0.15, -0.1) is 0 Å². The quantitative estimate of drug-likeness (QED) is 0.643. The summed E-state index contributed by atoms with van der Waals surface area (Å²) >= 11 is 0. The summed E-state index contributed by atoms with van der Waals surface area (Å²) in [6.07, 6.45) is -3.29. The average Bonchev–Trinajstić information content (AvgIpc) is 2.03. The van der Waals surface area contributed by atoms with Gasteiger partial charge in [0, 0.05) is 4.53 Å². The highest BCUT2D eigenvalue weighted by atomic mass is 19.3. The van der Waals surface area contributed by atoms with Crippen molar-refractivity contribution >= 4 is 11.8 Å². The Labute approximate surface area is 72.8 Å². The van der Waals surface area contributed by atoms with Crippen molar-refractivity contribution in [3.05, 3.63) is 0 Å². The smallest absolute Gasteiger partial charge is 0.292 e. The van der Waals surface area contributed by atoms with Crippen molar-refractivity contribution in [2.45, 2.75) is 20.3 Å². The molecule has 0 aliphatic heterocycles. The van der Waals surface area contributed by atoms with E-state index in [-0.39, 0.29) is 0 Å². The van der Waals surface area contributed by atoms with Gasteiger partial charge < -0.3 is 0 Å². The second-order valence-corrected chi connectivity index (χ2v) is 2.82. The van der Waals surface area contributed by atoms with Gasteiger partial charge in [-0.05, 0) is 5.92 Å². The number of Topliss-reactive ketones (excluding diaryl/α,β-unsaturated/α-hetero) is 1. The molecule has 76 valence electrons. The van der Waals surface area contributed by atoms with E-state index in [2.05, 4.69) is 4.94 Å². The van der Waals surface area contributed by atoms with Gasteiger partial charge in [0.15, 0.2) is 0 Å². The molecule has 0 aromatic heterocycles. The molecule has 0 rings (SSSR count). The zero-order valence-corrected chi connectivity index (χ0v) is 7.09. The highest BCUT2D eigenvalue weighted by Gasteiger charge is 2.37. The molecule has 0 bridgehead atoms. The highest BCUT2D eigenvalue weighted by Crippen LogP contribution is 2.17. The second-order valence-electron chi connectivity index (χ2n) is 2.82. The molecular formula is C7H9F3O3. The van der Waals surface area contributed by atoms with Crippen molar-refractivity contribution in [3.63, 3.8) is 0 Å². The minimum absolute atomic E-state index is 0.718. The van der Waals surface area contributed by atoms with Crippen molar-refractivity contribution < 1.29 is 27.8 Å². The van der Waals surface area contributed by atoms with E-state index in [4.69, 9.17) is 0 Å². The topological polar surface area (TPSA) is 43.4 Å². The highest BCUT2D eigenvalue weighted by molar-refractivity contribution is 6.00. The molecule has 0 spiro atoms. The average molecular weight is 198 g/mol. The molecule has 1 atom stereocenters. The molecule has 13 heavy (non-hydrogen) atoms. The summed E-state index contributed by atoms with van der Waals surface area (Å²) in [6, 6.07) is 0. The fourth-order valence-corrected chi connectivity index (χ4v) is 0.901. The standard InChI is InChI=1S/C7H9F3O3/c1-3(2)4(7(12)13-10)5(11)6(8)9/h3-4,6H,1-2H3. The Morgan fingerprint density at radius 1 is 1.23 bits per heavy atom. The number of hydrogen-bond donors (Lipinski definition) is 0. The van der Waals surface area contributed by atoms with Gasteiger partial charge in [0.25, 0.3) is 6.43 Å². The van der Waals surface area contributed by atoms with Crippen LogP contribution < -0.4 is 0 Å². The van der Waals surface area contributed by atoms with E-state index in [1.807, 2.05) is 0 Å². The van der Waals surface area contributed by atoms with Gasteiger partial charge in [-0.3, -0.25) is 9.74 Å². The molecule has 0 amide bonds. The van der Waals surface area contributed by atoms with Gasteiger partial charge in [-0.2, -0.15) is 0 Å². The summed E-state index contributed by atoms with van der Waals surface area (Å²) in [6.45, 7) is 2.70. The van der Waals surface area contributed by atoms with E-state index in [0.717, 1.165) is 0 Å². The lowest BCUT2D eigenvalue weighted by Crippen LogP contribution is -2.33. The predicted molar refractivity (Wildman–Crippen MR) is 36.5 cm³/mol. The molecule has 0 aliphatic rings. The van der Waals surface area contributed by atoms with Crippen LogP contribution in [0.1, 0.15) is 13.8 Å². The van der Waals surface area contributed by atoms with Gasteiger partial charge in [0.1, 0.15) is 5.92 Å². The first-order chi connectivity index (χ1) is 5.91. The molecule has 0 fully saturated rings. The van der Waals surface area contributed by atoms with Crippen LogP contribution in [0.2, 0.25) is 0 Å². The summed E-state index contributed by atoms with van der Waals surface area (Å²) in [5.74, 6) is -5.63. The summed E-state index contributed by atoms with van der Waals surface area (Å²) < 4.78 is 35.1. The van der Waals surface area contributed by atoms with Gasteiger partial charge in [0.05, 0.1) is 0 Å². The van der Waals surface area contributed by atoms with E-state index < -0.39 is 30.0 Å². The molecule has 1 unspecified atom stereocenters. The molecule has 0 heterocycles. The molecule has 3 nitrogen and oxygen atoms in total. The van der Waals surface area contributed by atoms with Crippen LogP contribution in [0.25, 0.3) is 0 Å². The Bertz CT molecular complexity index is 203.